The monoisotopic (exact) mass is 532 g/mol. The van der Waals surface area contributed by atoms with Gasteiger partial charge in [-0.1, -0.05) is 62.0 Å². The zero-order valence-electron chi connectivity index (χ0n) is 23.6. The first-order valence-corrected chi connectivity index (χ1v) is 14.6. The topological polar surface area (TPSA) is 49.2 Å². The van der Waals surface area contributed by atoms with Crippen molar-refractivity contribution in [3.63, 3.8) is 0 Å². The van der Waals surface area contributed by atoms with E-state index >= 15 is 0 Å². The van der Waals surface area contributed by atoms with Crippen molar-refractivity contribution in [3.8, 4) is 11.1 Å². The van der Waals surface area contributed by atoms with Crippen LogP contribution in [0.1, 0.15) is 43.4 Å². The van der Waals surface area contributed by atoms with Crippen molar-refractivity contribution < 1.29 is 0 Å². The van der Waals surface area contributed by atoms with Crippen LogP contribution in [-0.4, -0.2) is 50.7 Å². The molecule has 2 aliphatic heterocycles. The lowest BCUT2D eigenvalue weighted by Gasteiger charge is -2.35. The van der Waals surface area contributed by atoms with Crippen LogP contribution in [0.3, 0.4) is 0 Å². The van der Waals surface area contributed by atoms with Gasteiger partial charge in [0.2, 0.25) is 0 Å². The van der Waals surface area contributed by atoms with E-state index in [-0.39, 0.29) is 0 Å². The van der Waals surface area contributed by atoms with Gasteiger partial charge in [0.1, 0.15) is 5.82 Å². The lowest BCUT2D eigenvalue weighted by molar-refractivity contribution is 0.216. The summed E-state index contributed by atoms with van der Waals surface area (Å²) in [5.41, 5.74) is 7.05. The van der Waals surface area contributed by atoms with Crippen LogP contribution in [-0.2, 0) is 13.6 Å². The molecule has 2 fully saturated rings. The van der Waals surface area contributed by atoms with Crippen molar-refractivity contribution >= 4 is 22.3 Å². The number of aryl methyl sites for hydroxylation is 1. The molecular formula is C34H40N6. The minimum Gasteiger partial charge on any atom is -0.371 e. The Labute approximate surface area is 238 Å². The van der Waals surface area contributed by atoms with Gasteiger partial charge in [0.15, 0.2) is 0 Å². The molecular weight excluding hydrogens is 492 g/mol. The standard InChI is InChI=1S/C34H40N6/c1-25(27-14-18-40(19-15-27)26(2)28-10-6-4-7-11-28)37-34-21-31-20-29(12-13-30(31)22-35-34)32-23-36-38(3)33(32)24-39-16-8-5-9-17-39/h4,6-7,10-13,20-23,27H,1-2,5,8-9,14-19,24H2,3H3,(H,35,37). The van der Waals surface area contributed by atoms with Crippen LogP contribution < -0.4 is 5.32 Å². The number of fused-ring (bicyclic) bond motifs is 1. The summed E-state index contributed by atoms with van der Waals surface area (Å²) in [6.45, 7) is 14.0. The molecule has 0 saturated carbocycles. The van der Waals surface area contributed by atoms with Crippen molar-refractivity contribution in [3.05, 3.63) is 97.1 Å². The van der Waals surface area contributed by atoms with Crippen LogP contribution in [0.2, 0.25) is 0 Å². The number of allylic oxidation sites excluding steroid dienone is 1. The van der Waals surface area contributed by atoms with E-state index in [0.29, 0.717) is 5.92 Å². The molecule has 0 amide bonds. The number of nitrogens with one attached hydrogen (secondary N) is 1. The number of pyridine rings is 1. The molecule has 206 valence electrons. The van der Waals surface area contributed by atoms with Gasteiger partial charge in [0.05, 0.1) is 11.9 Å². The fourth-order valence-electron chi connectivity index (χ4n) is 6.18. The first-order valence-electron chi connectivity index (χ1n) is 14.6. The molecule has 2 aliphatic rings. The molecule has 6 nitrogen and oxygen atoms in total. The SMILES string of the molecule is C=C(Nc1cc2cc(-c3cnn(C)c3CN3CCCCC3)ccc2cn1)C1CCN(C(=C)c2ccccc2)CC1. The van der Waals surface area contributed by atoms with E-state index in [2.05, 4.69) is 89.0 Å². The Morgan fingerprint density at radius 2 is 1.68 bits per heavy atom. The predicted molar refractivity (Wildman–Crippen MR) is 166 cm³/mol. The van der Waals surface area contributed by atoms with Crippen LogP contribution in [0.15, 0.2) is 85.8 Å². The van der Waals surface area contributed by atoms with Crippen LogP contribution in [0.4, 0.5) is 5.82 Å². The number of hydrogen-bond donors (Lipinski definition) is 1. The highest BCUT2D eigenvalue weighted by Crippen LogP contribution is 2.31. The maximum absolute atomic E-state index is 4.71. The van der Waals surface area contributed by atoms with Gasteiger partial charge in [-0.05, 0) is 67.4 Å². The van der Waals surface area contributed by atoms with E-state index in [4.69, 9.17) is 4.98 Å². The first kappa shape index (κ1) is 26.3. The minimum absolute atomic E-state index is 0.413. The molecule has 6 rings (SSSR count). The highest BCUT2D eigenvalue weighted by molar-refractivity contribution is 5.88. The Bertz CT molecular complexity index is 1490. The molecule has 0 radical (unpaired) electrons. The quantitative estimate of drug-likeness (QED) is 0.267. The fraction of sp³-hybridized carbons (Fsp3) is 0.353. The largest absolute Gasteiger partial charge is 0.371 e. The molecule has 0 bridgehead atoms. The third kappa shape index (κ3) is 5.68. The van der Waals surface area contributed by atoms with Crippen molar-refractivity contribution in [2.45, 2.75) is 38.6 Å². The average Bonchev–Trinajstić information content (AvgIpc) is 3.37. The van der Waals surface area contributed by atoms with E-state index in [1.54, 1.807) is 0 Å². The molecule has 0 aliphatic carbocycles. The summed E-state index contributed by atoms with van der Waals surface area (Å²) in [5.74, 6) is 1.27. The summed E-state index contributed by atoms with van der Waals surface area (Å²) in [5, 5.41) is 10.5. The van der Waals surface area contributed by atoms with Gasteiger partial charge in [-0.25, -0.2) is 4.98 Å². The van der Waals surface area contributed by atoms with Gasteiger partial charge in [0.25, 0.3) is 0 Å². The van der Waals surface area contributed by atoms with Crippen LogP contribution in [0.5, 0.6) is 0 Å². The summed E-state index contributed by atoms with van der Waals surface area (Å²) < 4.78 is 2.04. The van der Waals surface area contributed by atoms with Crippen molar-refractivity contribution in [1.29, 1.82) is 0 Å². The second-order valence-corrected chi connectivity index (χ2v) is 11.3. The number of rotatable bonds is 8. The normalized spacial score (nSPS) is 16.8. The Hall–Kier alpha value is -3.90. The number of hydrogen-bond acceptors (Lipinski definition) is 5. The van der Waals surface area contributed by atoms with Gasteiger partial charge < -0.3 is 10.2 Å². The number of piperidine rings is 2. The number of nitrogens with zero attached hydrogens (tertiary/aromatic N) is 5. The molecule has 2 aromatic carbocycles. The summed E-state index contributed by atoms with van der Waals surface area (Å²) in [6.07, 6.45) is 10.0. The van der Waals surface area contributed by atoms with Crippen LogP contribution >= 0.6 is 0 Å². The minimum atomic E-state index is 0.413. The van der Waals surface area contributed by atoms with E-state index in [0.717, 1.165) is 55.1 Å². The Morgan fingerprint density at radius 3 is 2.45 bits per heavy atom. The maximum Gasteiger partial charge on any atom is 0.130 e. The Morgan fingerprint density at radius 1 is 0.900 bits per heavy atom. The maximum atomic E-state index is 4.71. The Kier molecular flexibility index (Phi) is 7.69. The zero-order valence-corrected chi connectivity index (χ0v) is 23.6. The van der Waals surface area contributed by atoms with E-state index in [1.807, 2.05) is 23.1 Å². The van der Waals surface area contributed by atoms with E-state index < -0.39 is 0 Å². The second-order valence-electron chi connectivity index (χ2n) is 11.3. The van der Waals surface area contributed by atoms with Crippen LogP contribution in [0.25, 0.3) is 27.6 Å². The lowest BCUT2D eigenvalue weighted by atomic mass is 9.93. The molecule has 4 heterocycles. The van der Waals surface area contributed by atoms with E-state index in [9.17, 15) is 0 Å². The third-order valence-corrected chi connectivity index (χ3v) is 8.68. The third-order valence-electron chi connectivity index (χ3n) is 8.68. The molecule has 1 N–H and O–H groups in total. The van der Waals surface area contributed by atoms with Gasteiger partial charge in [-0.2, -0.15) is 5.10 Å². The van der Waals surface area contributed by atoms with Gasteiger partial charge in [-0.3, -0.25) is 9.58 Å². The van der Waals surface area contributed by atoms with Gasteiger partial charge in [-0.15, -0.1) is 0 Å². The molecule has 40 heavy (non-hydrogen) atoms. The smallest absolute Gasteiger partial charge is 0.130 e. The van der Waals surface area contributed by atoms with Crippen LogP contribution in [0, 0.1) is 5.92 Å². The molecule has 6 heteroatoms. The fourth-order valence-corrected chi connectivity index (χ4v) is 6.18. The highest BCUT2D eigenvalue weighted by Gasteiger charge is 2.23. The molecule has 4 aromatic rings. The number of likely N-dealkylation sites (tertiary alicyclic amines) is 2. The summed E-state index contributed by atoms with van der Waals surface area (Å²) in [4.78, 5) is 9.66. The van der Waals surface area contributed by atoms with Gasteiger partial charge >= 0.3 is 0 Å². The summed E-state index contributed by atoms with van der Waals surface area (Å²) in [6, 6.07) is 19.3. The van der Waals surface area contributed by atoms with Gasteiger partial charge in [0, 0.05) is 61.1 Å². The number of anilines is 1. The van der Waals surface area contributed by atoms with E-state index in [1.165, 1.54) is 60.1 Å². The molecule has 0 unspecified atom stereocenters. The molecule has 2 aromatic heterocycles. The summed E-state index contributed by atoms with van der Waals surface area (Å²) in [7, 11) is 2.06. The molecule has 0 atom stereocenters. The highest BCUT2D eigenvalue weighted by atomic mass is 15.3. The number of benzene rings is 2. The van der Waals surface area contributed by atoms with Crippen molar-refractivity contribution in [2.24, 2.45) is 13.0 Å². The number of aromatic nitrogens is 3. The lowest BCUT2D eigenvalue weighted by Crippen LogP contribution is -2.33. The molecule has 0 spiro atoms. The summed E-state index contributed by atoms with van der Waals surface area (Å²) >= 11 is 0. The van der Waals surface area contributed by atoms with Crippen molar-refractivity contribution in [2.75, 3.05) is 31.5 Å². The first-order chi connectivity index (χ1) is 19.5. The predicted octanol–water partition coefficient (Wildman–Crippen LogP) is 6.93. The van der Waals surface area contributed by atoms with Crippen molar-refractivity contribution in [1.82, 2.24) is 24.6 Å². The zero-order chi connectivity index (χ0) is 27.5. The average molecular weight is 533 g/mol. The second kappa shape index (κ2) is 11.7. The molecule has 2 saturated heterocycles. The Balaban J connectivity index is 1.13.